The number of hydrogen-bond donors (Lipinski definition) is 1. The highest BCUT2D eigenvalue weighted by Gasteiger charge is 2.31. The van der Waals surface area contributed by atoms with Gasteiger partial charge in [0.15, 0.2) is 12.1 Å². The van der Waals surface area contributed by atoms with E-state index in [0.717, 1.165) is 57.8 Å². The summed E-state index contributed by atoms with van der Waals surface area (Å²) in [7, 11) is 5.52. The highest BCUT2D eigenvalue weighted by atomic mass is 16.6. The SMILES string of the molecule is CCCCC/C=C/C/C=C/C/C=C/CCCCCCCCCCCC(=O)OC(COCCC(C(=O)O)[N+](C)(C)C)COC(=O)CCCCCCCCCCC. The Morgan fingerprint density at radius 1 is 0.545 bits per heavy atom. The number of carbonyl (C=O) groups excluding carboxylic acids is 2. The second-order valence-corrected chi connectivity index (χ2v) is 16.3. The van der Waals surface area contributed by atoms with E-state index in [2.05, 4.69) is 50.3 Å². The summed E-state index contributed by atoms with van der Waals surface area (Å²) in [5, 5.41) is 9.61. The Balaban J connectivity index is 4.24. The number of esters is 2. The number of likely N-dealkylation sites (N-methyl/N-ethyl adjacent to an activating group) is 1. The van der Waals surface area contributed by atoms with Crippen molar-refractivity contribution >= 4 is 17.9 Å². The molecule has 0 saturated heterocycles. The fraction of sp³-hybridized carbons (Fsp3) is 0.809. The van der Waals surface area contributed by atoms with Crippen LogP contribution in [-0.4, -0.2) is 80.6 Å². The van der Waals surface area contributed by atoms with Crippen LogP contribution >= 0.6 is 0 Å². The smallest absolute Gasteiger partial charge is 0.362 e. The highest BCUT2D eigenvalue weighted by Crippen LogP contribution is 2.14. The Morgan fingerprint density at radius 3 is 1.45 bits per heavy atom. The standard InChI is InChI=1S/C47H85NO7/c1-6-8-10-12-14-16-17-18-19-20-21-22-23-24-25-26-27-28-30-32-34-36-38-46(50)55-43(41-53-40-39-44(47(51)52)48(3,4)5)42-54-45(49)37-35-33-31-29-15-13-11-9-7-2/h14,16,18-19,21-22,43-44H,6-13,15,17,20,23-42H2,1-5H3/p+1/b16-14+,19-18+,22-21+. The molecule has 0 radical (unpaired) electrons. The predicted octanol–water partition coefficient (Wildman–Crippen LogP) is 12.2. The van der Waals surface area contributed by atoms with Crippen LogP contribution in [0.5, 0.6) is 0 Å². The van der Waals surface area contributed by atoms with E-state index in [9.17, 15) is 19.5 Å². The first-order valence-electron chi connectivity index (χ1n) is 22.5. The maximum atomic E-state index is 12.7. The third-order valence-electron chi connectivity index (χ3n) is 10.0. The monoisotopic (exact) mass is 777 g/mol. The fourth-order valence-electron chi connectivity index (χ4n) is 6.51. The number of nitrogens with zero attached hydrogens (tertiary/aromatic N) is 1. The molecule has 0 aliphatic rings. The summed E-state index contributed by atoms with van der Waals surface area (Å²) in [6.07, 6.45) is 43.3. The lowest BCUT2D eigenvalue weighted by atomic mass is 10.1. The molecule has 2 unspecified atom stereocenters. The summed E-state index contributed by atoms with van der Waals surface area (Å²) in [6, 6.07) is -0.613. The fourth-order valence-corrected chi connectivity index (χ4v) is 6.51. The van der Waals surface area contributed by atoms with Gasteiger partial charge in [-0.1, -0.05) is 159 Å². The van der Waals surface area contributed by atoms with E-state index in [1.54, 1.807) is 0 Å². The van der Waals surface area contributed by atoms with Gasteiger partial charge in [-0.25, -0.2) is 4.79 Å². The van der Waals surface area contributed by atoms with Crippen molar-refractivity contribution in [1.82, 2.24) is 0 Å². The van der Waals surface area contributed by atoms with Crippen LogP contribution in [0.15, 0.2) is 36.5 Å². The minimum Gasteiger partial charge on any atom is -0.477 e. The molecule has 0 rings (SSSR count). The minimum absolute atomic E-state index is 0.0509. The van der Waals surface area contributed by atoms with Crippen LogP contribution in [0.2, 0.25) is 0 Å². The van der Waals surface area contributed by atoms with Crippen LogP contribution in [0.4, 0.5) is 0 Å². The summed E-state index contributed by atoms with van der Waals surface area (Å²) in [5.74, 6) is -1.47. The number of carbonyl (C=O) groups is 3. The molecular formula is C47H86NO7+. The largest absolute Gasteiger partial charge is 0.477 e. The van der Waals surface area contributed by atoms with Crippen LogP contribution < -0.4 is 0 Å². The van der Waals surface area contributed by atoms with Gasteiger partial charge in [-0.05, 0) is 51.4 Å². The molecule has 0 aromatic rings. The number of hydrogen-bond acceptors (Lipinski definition) is 6. The Bertz CT molecular complexity index is 1000. The zero-order valence-corrected chi connectivity index (χ0v) is 36.4. The highest BCUT2D eigenvalue weighted by molar-refractivity contribution is 5.72. The Hall–Kier alpha value is -2.45. The molecule has 0 saturated carbocycles. The van der Waals surface area contributed by atoms with E-state index in [4.69, 9.17) is 14.2 Å². The molecule has 0 heterocycles. The van der Waals surface area contributed by atoms with Crippen molar-refractivity contribution in [3.05, 3.63) is 36.5 Å². The van der Waals surface area contributed by atoms with Gasteiger partial charge in [0.2, 0.25) is 0 Å². The molecule has 0 aliphatic heterocycles. The number of unbranched alkanes of at least 4 members (excludes halogenated alkanes) is 20. The maximum Gasteiger partial charge on any atom is 0.362 e. The van der Waals surface area contributed by atoms with Crippen LogP contribution in [0.3, 0.4) is 0 Å². The predicted molar refractivity (Wildman–Crippen MR) is 229 cm³/mol. The van der Waals surface area contributed by atoms with Crippen molar-refractivity contribution in [3.8, 4) is 0 Å². The van der Waals surface area contributed by atoms with Crippen molar-refractivity contribution in [3.63, 3.8) is 0 Å². The van der Waals surface area contributed by atoms with Crippen LogP contribution in [-0.2, 0) is 28.6 Å². The molecule has 0 aromatic heterocycles. The molecule has 0 bridgehead atoms. The van der Waals surface area contributed by atoms with Gasteiger partial charge in [-0.15, -0.1) is 0 Å². The van der Waals surface area contributed by atoms with E-state index in [1.165, 1.54) is 103 Å². The topological polar surface area (TPSA) is 99.1 Å². The molecule has 0 aliphatic carbocycles. The first kappa shape index (κ1) is 52.6. The second kappa shape index (κ2) is 38.4. The first-order chi connectivity index (χ1) is 26.6. The summed E-state index contributed by atoms with van der Waals surface area (Å²) in [6.45, 7) is 4.69. The third-order valence-corrected chi connectivity index (χ3v) is 10.0. The van der Waals surface area contributed by atoms with Crippen LogP contribution in [0.25, 0.3) is 0 Å². The number of ether oxygens (including phenoxy) is 3. The van der Waals surface area contributed by atoms with Crippen molar-refractivity contribution in [2.45, 2.75) is 206 Å². The van der Waals surface area contributed by atoms with Gasteiger partial charge < -0.3 is 23.8 Å². The lowest BCUT2D eigenvalue weighted by Gasteiger charge is -2.31. The normalized spacial score (nSPS) is 13.3. The van der Waals surface area contributed by atoms with Crippen LogP contribution in [0, 0.1) is 0 Å². The third kappa shape index (κ3) is 36.9. The van der Waals surface area contributed by atoms with Gasteiger partial charge in [0.05, 0.1) is 34.4 Å². The van der Waals surface area contributed by atoms with Gasteiger partial charge in [0.25, 0.3) is 0 Å². The minimum atomic E-state index is -0.876. The maximum absolute atomic E-state index is 12.7. The van der Waals surface area contributed by atoms with Crippen LogP contribution in [0.1, 0.15) is 194 Å². The Morgan fingerprint density at radius 2 is 0.964 bits per heavy atom. The number of quaternary nitrogens is 1. The first-order valence-corrected chi connectivity index (χ1v) is 22.5. The van der Waals surface area contributed by atoms with E-state index >= 15 is 0 Å². The zero-order chi connectivity index (χ0) is 40.7. The van der Waals surface area contributed by atoms with Gasteiger partial charge in [0, 0.05) is 19.3 Å². The van der Waals surface area contributed by atoms with Crippen molar-refractivity contribution in [2.75, 3.05) is 41.0 Å². The van der Waals surface area contributed by atoms with Crippen molar-refractivity contribution in [1.29, 1.82) is 0 Å². The Labute approximate surface area is 338 Å². The molecule has 8 nitrogen and oxygen atoms in total. The van der Waals surface area contributed by atoms with Gasteiger partial charge in [-0.3, -0.25) is 9.59 Å². The van der Waals surface area contributed by atoms with Crippen molar-refractivity contribution in [2.24, 2.45) is 0 Å². The average Bonchev–Trinajstić information content (AvgIpc) is 3.14. The molecule has 1 N–H and O–H groups in total. The molecule has 2 atom stereocenters. The zero-order valence-electron chi connectivity index (χ0n) is 36.4. The molecule has 8 heteroatoms. The summed E-state index contributed by atoms with van der Waals surface area (Å²) in [4.78, 5) is 36.9. The Kier molecular flexibility index (Phi) is 36.7. The molecule has 55 heavy (non-hydrogen) atoms. The lowest BCUT2D eigenvalue weighted by Crippen LogP contribution is -2.50. The quantitative estimate of drug-likeness (QED) is 0.0286. The van der Waals surface area contributed by atoms with E-state index < -0.39 is 18.1 Å². The molecule has 320 valence electrons. The van der Waals surface area contributed by atoms with Gasteiger partial charge >= 0.3 is 17.9 Å². The number of allylic oxidation sites excluding steroid dienone is 6. The van der Waals surface area contributed by atoms with Gasteiger partial charge in [0.1, 0.15) is 6.61 Å². The van der Waals surface area contributed by atoms with E-state index in [1.807, 2.05) is 21.1 Å². The molecule has 0 spiro atoms. The van der Waals surface area contributed by atoms with Crippen molar-refractivity contribution < 1.29 is 38.2 Å². The number of aliphatic carboxylic acids is 1. The molecule has 0 fully saturated rings. The van der Waals surface area contributed by atoms with Gasteiger partial charge in [-0.2, -0.15) is 0 Å². The number of rotatable bonds is 40. The number of carboxylic acids is 1. The summed E-state index contributed by atoms with van der Waals surface area (Å²) < 4.78 is 17.2. The molecule has 0 amide bonds. The average molecular weight is 777 g/mol. The molecular weight excluding hydrogens is 691 g/mol. The summed E-state index contributed by atoms with van der Waals surface area (Å²) in [5.41, 5.74) is 0. The number of carboxylic acid groups (broad SMARTS) is 1. The summed E-state index contributed by atoms with van der Waals surface area (Å²) >= 11 is 0. The van der Waals surface area contributed by atoms with E-state index in [-0.39, 0.29) is 36.2 Å². The van der Waals surface area contributed by atoms with E-state index in [0.29, 0.717) is 19.3 Å². The molecule has 0 aromatic carbocycles. The lowest BCUT2D eigenvalue weighted by molar-refractivity contribution is -0.887. The second-order valence-electron chi connectivity index (χ2n) is 16.3.